The number of anilines is 1. The van der Waals surface area contributed by atoms with Gasteiger partial charge in [0, 0.05) is 24.3 Å². The first-order valence-electron chi connectivity index (χ1n) is 7.59. The number of rotatable bonds is 3. The second kappa shape index (κ2) is 5.96. The molecule has 0 radical (unpaired) electrons. The molecule has 1 aliphatic rings. The van der Waals surface area contributed by atoms with Gasteiger partial charge in [-0.2, -0.15) is 0 Å². The molecule has 1 heterocycles. The monoisotopic (exact) mass is 260 g/mol. The summed E-state index contributed by atoms with van der Waals surface area (Å²) in [5.74, 6) is 1.53. The van der Waals surface area contributed by atoms with Gasteiger partial charge >= 0.3 is 0 Å². The smallest absolute Gasteiger partial charge is 0.0401 e. The van der Waals surface area contributed by atoms with E-state index in [9.17, 15) is 0 Å². The molecule has 0 aliphatic carbocycles. The Labute approximate surface area is 118 Å². The fourth-order valence-electron chi connectivity index (χ4n) is 3.34. The highest BCUT2D eigenvalue weighted by atomic mass is 15.2. The molecule has 0 aromatic heterocycles. The molecular formula is C17H28N2. The number of piperidine rings is 1. The minimum atomic E-state index is 0.219. The van der Waals surface area contributed by atoms with Gasteiger partial charge < -0.3 is 10.6 Å². The van der Waals surface area contributed by atoms with Gasteiger partial charge in [-0.05, 0) is 50.2 Å². The van der Waals surface area contributed by atoms with Gasteiger partial charge in [0.1, 0.15) is 0 Å². The summed E-state index contributed by atoms with van der Waals surface area (Å²) in [7, 11) is 0. The van der Waals surface area contributed by atoms with Gasteiger partial charge in [-0.25, -0.2) is 0 Å². The summed E-state index contributed by atoms with van der Waals surface area (Å²) in [5, 5.41) is 0. The van der Waals surface area contributed by atoms with Crippen LogP contribution in [0.5, 0.6) is 0 Å². The van der Waals surface area contributed by atoms with Gasteiger partial charge in [-0.1, -0.05) is 32.0 Å². The van der Waals surface area contributed by atoms with Crippen LogP contribution in [0.3, 0.4) is 0 Å². The Morgan fingerprint density at radius 3 is 2.63 bits per heavy atom. The molecule has 19 heavy (non-hydrogen) atoms. The Morgan fingerprint density at radius 1 is 1.26 bits per heavy atom. The molecule has 2 heteroatoms. The minimum absolute atomic E-state index is 0.219. The number of benzene rings is 1. The van der Waals surface area contributed by atoms with Crippen molar-refractivity contribution in [2.75, 3.05) is 11.4 Å². The second-order valence-corrected chi connectivity index (χ2v) is 6.52. The topological polar surface area (TPSA) is 29.3 Å². The first-order valence-corrected chi connectivity index (χ1v) is 7.59. The normalized spacial score (nSPS) is 29.3. The summed E-state index contributed by atoms with van der Waals surface area (Å²) in [6, 6.07) is 9.61. The molecule has 0 amide bonds. The molecule has 1 saturated heterocycles. The van der Waals surface area contributed by atoms with Crippen molar-refractivity contribution in [1.82, 2.24) is 0 Å². The summed E-state index contributed by atoms with van der Waals surface area (Å²) in [4.78, 5) is 2.59. The van der Waals surface area contributed by atoms with Crippen LogP contribution < -0.4 is 10.6 Å². The van der Waals surface area contributed by atoms with E-state index in [4.69, 9.17) is 5.73 Å². The summed E-state index contributed by atoms with van der Waals surface area (Å²) in [5.41, 5.74) is 8.78. The number of hydrogen-bond donors (Lipinski definition) is 1. The quantitative estimate of drug-likeness (QED) is 0.902. The van der Waals surface area contributed by atoms with E-state index in [1.54, 1.807) is 0 Å². The molecule has 2 N–H and O–H groups in total. The van der Waals surface area contributed by atoms with Crippen molar-refractivity contribution in [3.8, 4) is 0 Å². The van der Waals surface area contributed by atoms with E-state index in [1.165, 1.54) is 24.2 Å². The lowest BCUT2D eigenvalue weighted by molar-refractivity contribution is 0.296. The summed E-state index contributed by atoms with van der Waals surface area (Å²) in [6.45, 7) is 10.4. The van der Waals surface area contributed by atoms with Gasteiger partial charge in [-0.3, -0.25) is 0 Å². The Hall–Kier alpha value is -1.02. The van der Waals surface area contributed by atoms with E-state index in [0.717, 1.165) is 18.3 Å². The van der Waals surface area contributed by atoms with Crippen LogP contribution >= 0.6 is 0 Å². The zero-order chi connectivity index (χ0) is 14.0. The second-order valence-electron chi connectivity index (χ2n) is 6.52. The molecule has 0 spiro atoms. The first-order chi connectivity index (χ1) is 8.99. The molecule has 1 aromatic rings. The van der Waals surface area contributed by atoms with Crippen LogP contribution in [0.1, 0.15) is 39.7 Å². The Kier molecular flexibility index (Phi) is 4.51. The number of para-hydroxylation sites is 1. The predicted molar refractivity (Wildman–Crippen MR) is 83.5 cm³/mol. The van der Waals surface area contributed by atoms with Crippen LogP contribution in [0, 0.1) is 11.8 Å². The van der Waals surface area contributed by atoms with Crippen molar-refractivity contribution < 1.29 is 0 Å². The molecule has 106 valence electrons. The third kappa shape index (κ3) is 3.30. The zero-order valence-corrected chi connectivity index (χ0v) is 12.8. The van der Waals surface area contributed by atoms with Crippen LogP contribution in [0.15, 0.2) is 24.3 Å². The molecule has 2 rings (SSSR count). The van der Waals surface area contributed by atoms with Crippen LogP contribution in [0.25, 0.3) is 0 Å². The molecule has 1 aliphatic heterocycles. The van der Waals surface area contributed by atoms with Crippen molar-refractivity contribution in [1.29, 1.82) is 0 Å². The Morgan fingerprint density at radius 2 is 1.95 bits per heavy atom. The zero-order valence-electron chi connectivity index (χ0n) is 12.8. The minimum Gasteiger partial charge on any atom is -0.368 e. The summed E-state index contributed by atoms with van der Waals surface area (Å²) < 4.78 is 0. The van der Waals surface area contributed by atoms with Gasteiger partial charge in [0.25, 0.3) is 0 Å². The van der Waals surface area contributed by atoms with Gasteiger partial charge in [0.15, 0.2) is 0 Å². The summed E-state index contributed by atoms with van der Waals surface area (Å²) in [6.07, 6.45) is 2.30. The lowest BCUT2D eigenvalue weighted by Gasteiger charge is -2.43. The van der Waals surface area contributed by atoms with Crippen LogP contribution in [-0.2, 0) is 6.42 Å². The maximum Gasteiger partial charge on any atom is 0.0401 e. The van der Waals surface area contributed by atoms with Crippen molar-refractivity contribution >= 4 is 5.69 Å². The van der Waals surface area contributed by atoms with Crippen molar-refractivity contribution in [2.24, 2.45) is 17.6 Å². The number of nitrogens with two attached hydrogens (primary N) is 1. The Bertz CT molecular complexity index is 413. The molecule has 2 nitrogen and oxygen atoms in total. The third-order valence-corrected chi connectivity index (χ3v) is 4.44. The van der Waals surface area contributed by atoms with Crippen molar-refractivity contribution in [3.63, 3.8) is 0 Å². The van der Waals surface area contributed by atoms with E-state index in [0.29, 0.717) is 6.04 Å². The number of hydrogen-bond acceptors (Lipinski definition) is 2. The number of nitrogens with zero attached hydrogens (tertiary/aromatic N) is 1. The SMILES string of the molecule is CC(N)Cc1ccccc1N1CC(C)CC(C)C1C. The molecule has 4 unspecified atom stereocenters. The molecule has 1 aromatic carbocycles. The maximum absolute atomic E-state index is 5.99. The molecule has 1 fully saturated rings. The van der Waals surface area contributed by atoms with E-state index in [1.807, 2.05) is 0 Å². The third-order valence-electron chi connectivity index (χ3n) is 4.44. The summed E-state index contributed by atoms with van der Waals surface area (Å²) >= 11 is 0. The van der Waals surface area contributed by atoms with Gasteiger partial charge in [-0.15, -0.1) is 0 Å². The average Bonchev–Trinajstić information content (AvgIpc) is 2.34. The molecule has 0 saturated carbocycles. The lowest BCUT2D eigenvalue weighted by Crippen LogP contribution is -2.46. The van der Waals surface area contributed by atoms with E-state index < -0.39 is 0 Å². The fraction of sp³-hybridized carbons (Fsp3) is 0.647. The standard InChI is InChI=1S/C17H28N2/c1-12-9-13(2)15(4)19(11-12)17-8-6-5-7-16(17)10-14(3)18/h5-8,12-15H,9-11,18H2,1-4H3. The predicted octanol–water partition coefficient (Wildman–Crippen LogP) is 3.45. The van der Waals surface area contributed by atoms with E-state index >= 15 is 0 Å². The van der Waals surface area contributed by atoms with E-state index in [-0.39, 0.29) is 6.04 Å². The van der Waals surface area contributed by atoms with Crippen LogP contribution in [0.4, 0.5) is 5.69 Å². The van der Waals surface area contributed by atoms with Crippen LogP contribution in [-0.4, -0.2) is 18.6 Å². The van der Waals surface area contributed by atoms with Gasteiger partial charge in [0.2, 0.25) is 0 Å². The van der Waals surface area contributed by atoms with Crippen molar-refractivity contribution in [3.05, 3.63) is 29.8 Å². The molecule has 4 atom stereocenters. The van der Waals surface area contributed by atoms with E-state index in [2.05, 4.69) is 56.9 Å². The highest BCUT2D eigenvalue weighted by molar-refractivity contribution is 5.55. The van der Waals surface area contributed by atoms with Crippen molar-refractivity contribution in [2.45, 2.75) is 52.6 Å². The fourth-order valence-corrected chi connectivity index (χ4v) is 3.34. The molecule has 0 bridgehead atoms. The lowest BCUT2D eigenvalue weighted by atomic mass is 9.85. The largest absolute Gasteiger partial charge is 0.368 e. The maximum atomic E-state index is 5.99. The first kappa shape index (κ1) is 14.4. The average molecular weight is 260 g/mol. The molecular weight excluding hydrogens is 232 g/mol. The Balaban J connectivity index is 2.29. The highest BCUT2D eigenvalue weighted by Gasteiger charge is 2.29. The van der Waals surface area contributed by atoms with Gasteiger partial charge in [0.05, 0.1) is 0 Å². The highest BCUT2D eigenvalue weighted by Crippen LogP contribution is 2.33. The van der Waals surface area contributed by atoms with Crippen LogP contribution in [0.2, 0.25) is 0 Å².